The lowest BCUT2D eigenvalue weighted by molar-refractivity contribution is -0.384. The zero-order chi connectivity index (χ0) is 21.0. The monoisotopic (exact) mass is 402 g/mol. The number of piperazine rings is 1. The smallest absolute Gasteiger partial charge is 0.271 e. The summed E-state index contributed by atoms with van der Waals surface area (Å²) in [5, 5.41) is 13.7. The number of hydrogen-bond donors (Lipinski definition) is 1. The highest BCUT2D eigenvalue weighted by Gasteiger charge is 2.26. The van der Waals surface area contributed by atoms with E-state index in [4.69, 9.17) is 4.74 Å². The number of carbonyl (C=O) groups is 1. The van der Waals surface area contributed by atoms with Gasteiger partial charge in [-0.05, 0) is 37.3 Å². The normalized spacial score (nSPS) is 15.6. The zero-order valence-corrected chi connectivity index (χ0v) is 16.3. The molecule has 1 atom stereocenters. The number of halogens is 1. The van der Waals surface area contributed by atoms with Crippen molar-refractivity contribution in [3.63, 3.8) is 0 Å². The Morgan fingerprint density at radius 2 is 1.83 bits per heavy atom. The molecule has 1 aliphatic rings. The largest absolute Gasteiger partial charge is 0.495 e. The van der Waals surface area contributed by atoms with Crippen molar-refractivity contribution in [1.29, 1.82) is 0 Å². The lowest BCUT2D eigenvalue weighted by Crippen LogP contribution is -2.52. The van der Waals surface area contributed by atoms with Gasteiger partial charge in [-0.15, -0.1) is 0 Å². The highest BCUT2D eigenvalue weighted by atomic mass is 19.1. The fourth-order valence-corrected chi connectivity index (χ4v) is 3.33. The fourth-order valence-electron chi connectivity index (χ4n) is 3.33. The van der Waals surface area contributed by atoms with Crippen LogP contribution < -0.4 is 15.0 Å². The Morgan fingerprint density at radius 1 is 1.17 bits per heavy atom. The van der Waals surface area contributed by atoms with E-state index in [-0.39, 0.29) is 23.1 Å². The van der Waals surface area contributed by atoms with Gasteiger partial charge in [-0.25, -0.2) is 4.39 Å². The number of methoxy groups -OCH3 is 1. The van der Waals surface area contributed by atoms with Gasteiger partial charge in [0.2, 0.25) is 5.91 Å². The summed E-state index contributed by atoms with van der Waals surface area (Å²) in [4.78, 5) is 27.4. The molecule has 0 aromatic heterocycles. The number of rotatable bonds is 6. The van der Waals surface area contributed by atoms with Gasteiger partial charge in [0, 0.05) is 44.0 Å². The highest BCUT2D eigenvalue weighted by molar-refractivity contribution is 5.96. The van der Waals surface area contributed by atoms with E-state index < -0.39 is 11.0 Å². The maximum Gasteiger partial charge on any atom is 0.271 e. The van der Waals surface area contributed by atoms with Crippen molar-refractivity contribution in [3.8, 4) is 5.75 Å². The van der Waals surface area contributed by atoms with Crippen molar-refractivity contribution in [2.24, 2.45) is 0 Å². The Labute approximate surface area is 168 Å². The van der Waals surface area contributed by atoms with Gasteiger partial charge in [-0.1, -0.05) is 0 Å². The first-order valence-electron chi connectivity index (χ1n) is 9.27. The Balaban J connectivity index is 1.62. The molecule has 1 heterocycles. The van der Waals surface area contributed by atoms with Gasteiger partial charge in [0.25, 0.3) is 5.69 Å². The van der Waals surface area contributed by atoms with Crippen LogP contribution in [-0.4, -0.2) is 55.1 Å². The van der Waals surface area contributed by atoms with Crippen LogP contribution in [0.5, 0.6) is 5.75 Å². The average Bonchev–Trinajstić information content (AvgIpc) is 2.73. The molecule has 2 aromatic rings. The average molecular weight is 402 g/mol. The lowest BCUT2D eigenvalue weighted by Gasteiger charge is -2.38. The van der Waals surface area contributed by atoms with Crippen molar-refractivity contribution in [3.05, 3.63) is 58.4 Å². The second kappa shape index (κ2) is 8.87. The van der Waals surface area contributed by atoms with Crippen molar-refractivity contribution < 1.29 is 18.8 Å². The minimum atomic E-state index is -0.521. The molecular formula is C20H23FN4O4. The Bertz CT molecular complexity index is 883. The molecule has 2 aromatic carbocycles. The number of amides is 1. The molecule has 1 saturated heterocycles. The predicted molar refractivity (Wildman–Crippen MR) is 108 cm³/mol. The summed E-state index contributed by atoms with van der Waals surface area (Å²) >= 11 is 0. The molecule has 0 aliphatic carbocycles. The third-order valence-corrected chi connectivity index (χ3v) is 5.08. The molecule has 9 heteroatoms. The predicted octanol–water partition coefficient (Wildman–Crippen LogP) is 2.89. The van der Waals surface area contributed by atoms with Crippen molar-refractivity contribution in [2.75, 3.05) is 43.5 Å². The van der Waals surface area contributed by atoms with E-state index in [1.807, 2.05) is 4.90 Å². The summed E-state index contributed by atoms with van der Waals surface area (Å²) in [7, 11) is 1.44. The first-order valence-corrected chi connectivity index (χ1v) is 9.27. The Hall–Kier alpha value is -3.20. The molecule has 0 unspecified atom stereocenters. The zero-order valence-electron chi connectivity index (χ0n) is 16.3. The van der Waals surface area contributed by atoms with Gasteiger partial charge in [0.1, 0.15) is 11.6 Å². The van der Waals surface area contributed by atoms with E-state index >= 15 is 0 Å². The number of nitrogens with one attached hydrogen (secondary N) is 1. The molecule has 0 saturated carbocycles. The van der Waals surface area contributed by atoms with Crippen LogP contribution in [0.2, 0.25) is 0 Å². The van der Waals surface area contributed by atoms with Crippen molar-refractivity contribution in [1.82, 2.24) is 4.90 Å². The van der Waals surface area contributed by atoms with Gasteiger partial charge in [-0.3, -0.25) is 19.8 Å². The molecule has 154 valence electrons. The second-order valence-corrected chi connectivity index (χ2v) is 6.81. The fraction of sp³-hybridized carbons (Fsp3) is 0.350. The van der Waals surface area contributed by atoms with E-state index in [9.17, 15) is 19.3 Å². The first-order chi connectivity index (χ1) is 13.9. The standard InChI is InChI=1S/C20H23FN4O4/c1-14(20(26)22-18-13-17(25(27)28)7-8-19(18)29-2)23-9-11-24(12-10-23)16-5-3-15(21)4-6-16/h3-8,13-14H,9-12H2,1-2H3,(H,22,26)/t14-/m1/s1. The summed E-state index contributed by atoms with van der Waals surface area (Å²) in [6.45, 7) is 4.55. The van der Waals surface area contributed by atoms with Gasteiger partial charge in [0.15, 0.2) is 0 Å². The summed E-state index contributed by atoms with van der Waals surface area (Å²) < 4.78 is 18.3. The molecule has 29 heavy (non-hydrogen) atoms. The number of non-ortho nitro benzene ring substituents is 1. The number of ether oxygens (including phenoxy) is 1. The minimum Gasteiger partial charge on any atom is -0.495 e. The van der Waals surface area contributed by atoms with Crippen LogP contribution in [-0.2, 0) is 4.79 Å². The number of carbonyl (C=O) groups excluding carboxylic acids is 1. The third kappa shape index (κ3) is 4.80. The van der Waals surface area contributed by atoms with Crippen LogP contribution in [0, 0.1) is 15.9 Å². The van der Waals surface area contributed by atoms with Gasteiger partial charge >= 0.3 is 0 Å². The number of nitrogens with zero attached hydrogens (tertiary/aromatic N) is 3. The Kier molecular flexibility index (Phi) is 6.28. The van der Waals surface area contributed by atoms with Gasteiger partial charge in [-0.2, -0.15) is 0 Å². The molecule has 1 aliphatic heterocycles. The van der Waals surface area contributed by atoms with E-state index in [2.05, 4.69) is 10.2 Å². The summed E-state index contributed by atoms with van der Waals surface area (Å²) in [6, 6.07) is 10.0. The summed E-state index contributed by atoms with van der Waals surface area (Å²) in [5.41, 5.74) is 1.09. The number of nitro benzene ring substituents is 1. The maximum absolute atomic E-state index is 13.1. The molecule has 0 spiro atoms. The van der Waals surface area contributed by atoms with Gasteiger partial charge in [0.05, 0.1) is 23.8 Å². The van der Waals surface area contributed by atoms with Crippen molar-refractivity contribution in [2.45, 2.75) is 13.0 Å². The molecule has 1 amide bonds. The van der Waals surface area contributed by atoms with Crippen LogP contribution in [0.1, 0.15) is 6.92 Å². The first kappa shape index (κ1) is 20.5. The third-order valence-electron chi connectivity index (χ3n) is 5.08. The Morgan fingerprint density at radius 3 is 2.41 bits per heavy atom. The summed E-state index contributed by atoms with van der Waals surface area (Å²) in [6.07, 6.45) is 0. The van der Waals surface area contributed by atoms with Crippen molar-refractivity contribution >= 4 is 23.0 Å². The number of hydrogen-bond acceptors (Lipinski definition) is 6. The molecule has 1 fully saturated rings. The van der Waals surface area contributed by atoms with Crippen LogP contribution in [0.15, 0.2) is 42.5 Å². The molecule has 0 bridgehead atoms. The molecule has 8 nitrogen and oxygen atoms in total. The topological polar surface area (TPSA) is 87.9 Å². The molecule has 1 N–H and O–H groups in total. The van der Waals surface area contributed by atoms with E-state index in [0.717, 1.165) is 5.69 Å². The van der Waals surface area contributed by atoms with Gasteiger partial charge < -0.3 is 15.0 Å². The molecule has 3 rings (SSSR count). The highest BCUT2D eigenvalue weighted by Crippen LogP contribution is 2.29. The van der Waals surface area contributed by atoms with Crippen LogP contribution in [0.4, 0.5) is 21.5 Å². The van der Waals surface area contributed by atoms with Crippen LogP contribution >= 0.6 is 0 Å². The molecular weight excluding hydrogens is 379 g/mol. The quantitative estimate of drug-likeness (QED) is 0.591. The lowest BCUT2D eigenvalue weighted by atomic mass is 10.2. The van der Waals surface area contributed by atoms with E-state index in [0.29, 0.717) is 31.9 Å². The maximum atomic E-state index is 13.1. The minimum absolute atomic E-state index is 0.123. The SMILES string of the molecule is COc1ccc([N+](=O)[O-])cc1NC(=O)[C@@H](C)N1CCN(c2ccc(F)cc2)CC1. The molecule has 0 radical (unpaired) electrons. The summed E-state index contributed by atoms with van der Waals surface area (Å²) in [5.74, 6) is -0.175. The van der Waals surface area contributed by atoms with Crippen LogP contribution in [0.3, 0.4) is 0 Å². The van der Waals surface area contributed by atoms with E-state index in [1.165, 1.54) is 37.4 Å². The number of benzene rings is 2. The van der Waals surface area contributed by atoms with E-state index in [1.54, 1.807) is 19.1 Å². The van der Waals surface area contributed by atoms with Crippen LogP contribution in [0.25, 0.3) is 0 Å². The number of anilines is 2. The second-order valence-electron chi connectivity index (χ2n) is 6.81. The number of nitro groups is 1.